The van der Waals surface area contributed by atoms with Crippen LogP contribution in [0.5, 0.6) is 0 Å². The van der Waals surface area contributed by atoms with Gasteiger partial charge in [0, 0.05) is 19.3 Å². The fourth-order valence-corrected chi connectivity index (χ4v) is 2.40. The summed E-state index contributed by atoms with van der Waals surface area (Å²) in [5, 5.41) is 0. The zero-order valence-electron chi connectivity index (χ0n) is 9.38. The summed E-state index contributed by atoms with van der Waals surface area (Å²) in [6, 6.07) is 6.85. The minimum absolute atomic E-state index is 0.779. The molecule has 0 aromatic heterocycles. The minimum Gasteiger partial charge on any atom is -0.374 e. The molecule has 0 N–H and O–H groups in total. The van der Waals surface area contributed by atoms with Crippen LogP contribution in [0.3, 0.4) is 0 Å². The number of hydrogen-bond acceptors (Lipinski definition) is 1. The van der Waals surface area contributed by atoms with Crippen molar-refractivity contribution in [3.63, 3.8) is 0 Å². The lowest BCUT2D eigenvalue weighted by molar-refractivity contribution is 0.577. The highest BCUT2D eigenvalue weighted by molar-refractivity contribution is 5.57. The van der Waals surface area contributed by atoms with Gasteiger partial charge in [0.2, 0.25) is 0 Å². The standard InChI is InChI=1S/C13H19N/c1-4-11-7-8-14(3)13-6-5-10(2)9-12(11)13/h5-6,9,11H,4,7-8H2,1-3H3. The molecule has 76 valence electrons. The highest BCUT2D eigenvalue weighted by atomic mass is 15.1. The topological polar surface area (TPSA) is 3.24 Å². The Hall–Kier alpha value is -0.980. The van der Waals surface area contributed by atoms with Crippen molar-refractivity contribution < 1.29 is 0 Å². The van der Waals surface area contributed by atoms with Crippen LogP contribution in [0.25, 0.3) is 0 Å². The van der Waals surface area contributed by atoms with Gasteiger partial charge in [-0.2, -0.15) is 0 Å². The first-order chi connectivity index (χ1) is 6.72. The fourth-order valence-electron chi connectivity index (χ4n) is 2.40. The normalized spacial score (nSPS) is 20.8. The van der Waals surface area contributed by atoms with Crippen molar-refractivity contribution in [1.82, 2.24) is 0 Å². The molecule has 0 fully saturated rings. The van der Waals surface area contributed by atoms with Gasteiger partial charge >= 0.3 is 0 Å². The van der Waals surface area contributed by atoms with Crippen LogP contribution in [0.1, 0.15) is 36.8 Å². The first-order valence-corrected chi connectivity index (χ1v) is 5.54. The van der Waals surface area contributed by atoms with E-state index in [9.17, 15) is 0 Å². The van der Waals surface area contributed by atoms with E-state index in [1.807, 2.05) is 0 Å². The molecule has 2 rings (SSSR count). The Morgan fingerprint density at radius 1 is 1.43 bits per heavy atom. The molecule has 1 aliphatic heterocycles. The van der Waals surface area contributed by atoms with E-state index in [0.29, 0.717) is 0 Å². The molecule has 0 aliphatic carbocycles. The van der Waals surface area contributed by atoms with Gasteiger partial charge in [0.05, 0.1) is 0 Å². The quantitative estimate of drug-likeness (QED) is 0.655. The van der Waals surface area contributed by atoms with Gasteiger partial charge in [-0.25, -0.2) is 0 Å². The molecular weight excluding hydrogens is 170 g/mol. The molecular formula is C13H19N. The summed E-state index contributed by atoms with van der Waals surface area (Å²) in [5.74, 6) is 0.779. The molecule has 1 heterocycles. The lowest BCUT2D eigenvalue weighted by Gasteiger charge is -2.33. The second kappa shape index (κ2) is 3.64. The summed E-state index contributed by atoms with van der Waals surface area (Å²) < 4.78 is 0. The number of hydrogen-bond donors (Lipinski definition) is 0. The molecule has 1 aromatic rings. The second-order valence-electron chi connectivity index (χ2n) is 4.38. The van der Waals surface area contributed by atoms with Crippen molar-refractivity contribution in [3.05, 3.63) is 29.3 Å². The first kappa shape index (κ1) is 9.57. The van der Waals surface area contributed by atoms with Gasteiger partial charge in [0.25, 0.3) is 0 Å². The van der Waals surface area contributed by atoms with E-state index in [4.69, 9.17) is 0 Å². The Morgan fingerprint density at radius 2 is 2.21 bits per heavy atom. The van der Waals surface area contributed by atoms with E-state index in [0.717, 1.165) is 5.92 Å². The van der Waals surface area contributed by atoms with Crippen LogP contribution in [0.4, 0.5) is 5.69 Å². The Bertz CT molecular complexity index is 330. The third-order valence-electron chi connectivity index (χ3n) is 3.34. The zero-order chi connectivity index (χ0) is 10.1. The molecule has 1 nitrogen and oxygen atoms in total. The fraction of sp³-hybridized carbons (Fsp3) is 0.538. The molecule has 0 saturated heterocycles. The van der Waals surface area contributed by atoms with Gasteiger partial charge in [0.1, 0.15) is 0 Å². The van der Waals surface area contributed by atoms with Crippen molar-refractivity contribution >= 4 is 5.69 Å². The molecule has 1 atom stereocenters. The molecule has 0 amide bonds. The SMILES string of the molecule is CCC1CCN(C)c2ccc(C)cc21. The van der Waals surface area contributed by atoms with E-state index in [1.165, 1.54) is 30.6 Å². The highest BCUT2D eigenvalue weighted by Crippen LogP contribution is 2.36. The predicted octanol–water partition coefficient (Wildman–Crippen LogP) is 3.33. The zero-order valence-corrected chi connectivity index (χ0v) is 9.38. The average molecular weight is 189 g/mol. The van der Waals surface area contributed by atoms with Gasteiger partial charge in [-0.05, 0) is 37.3 Å². The van der Waals surface area contributed by atoms with E-state index < -0.39 is 0 Å². The third-order valence-corrected chi connectivity index (χ3v) is 3.34. The van der Waals surface area contributed by atoms with Crippen LogP contribution in [-0.2, 0) is 0 Å². The van der Waals surface area contributed by atoms with Crippen molar-refractivity contribution in [2.24, 2.45) is 0 Å². The second-order valence-corrected chi connectivity index (χ2v) is 4.38. The maximum absolute atomic E-state index is 2.38. The average Bonchev–Trinajstić information content (AvgIpc) is 2.18. The summed E-state index contributed by atoms with van der Waals surface area (Å²) in [4.78, 5) is 2.38. The minimum atomic E-state index is 0.779. The van der Waals surface area contributed by atoms with Crippen LogP contribution in [0.2, 0.25) is 0 Å². The van der Waals surface area contributed by atoms with Gasteiger partial charge in [-0.15, -0.1) is 0 Å². The largest absolute Gasteiger partial charge is 0.374 e. The molecule has 0 bridgehead atoms. The molecule has 1 aliphatic rings. The number of rotatable bonds is 1. The van der Waals surface area contributed by atoms with Gasteiger partial charge in [-0.3, -0.25) is 0 Å². The number of benzene rings is 1. The molecule has 1 aromatic carbocycles. The van der Waals surface area contributed by atoms with Crippen molar-refractivity contribution in [3.8, 4) is 0 Å². The maximum Gasteiger partial charge on any atom is 0.0399 e. The molecule has 0 radical (unpaired) electrons. The van der Waals surface area contributed by atoms with Gasteiger partial charge < -0.3 is 4.90 Å². The van der Waals surface area contributed by atoms with E-state index in [-0.39, 0.29) is 0 Å². The van der Waals surface area contributed by atoms with Gasteiger partial charge in [0.15, 0.2) is 0 Å². The maximum atomic E-state index is 2.38. The summed E-state index contributed by atoms with van der Waals surface area (Å²) in [7, 11) is 2.19. The van der Waals surface area contributed by atoms with Crippen molar-refractivity contribution in [2.45, 2.75) is 32.6 Å². The van der Waals surface area contributed by atoms with Crippen LogP contribution < -0.4 is 4.90 Å². The molecule has 1 unspecified atom stereocenters. The van der Waals surface area contributed by atoms with Crippen LogP contribution in [0, 0.1) is 6.92 Å². The van der Waals surface area contributed by atoms with Gasteiger partial charge in [-0.1, -0.05) is 24.6 Å². The number of nitrogens with zero attached hydrogens (tertiary/aromatic N) is 1. The third kappa shape index (κ3) is 1.52. The molecule has 0 spiro atoms. The number of fused-ring (bicyclic) bond motifs is 1. The monoisotopic (exact) mass is 189 g/mol. The molecule has 0 saturated carbocycles. The molecule has 1 heteroatoms. The summed E-state index contributed by atoms with van der Waals surface area (Å²) in [6.07, 6.45) is 2.58. The summed E-state index contributed by atoms with van der Waals surface area (Å²) >= 11 is 0. The number of aryl methyl sites for hydroxylation is 1. The lowest BCUT2D eigenvalue weighted by atomic mass is 9.87. The predicted molar refractivity (Wildman–Crippen MR) is 62.1 cm³/mol. The number of anilines is 1. The first-order valence-electron chi connectivity index (χ1n) is 5.54. The van der Waals surface area contributed by atoms with Crippen molar-refractivity contribution in [2.75, 3.05) is 18.5 Å². The Balaban J connectivity index is 2.46. The van der Waals surface area contributed by atoms with E-state index in [1.54, 1.807) is 5.56 Å². The van der Waals surface area contributed by atoms with Crippen LogP contribution in [0.15, 0.2) is 18.2 Å². The van der Waals surface area contributed by atoms with E-state index >= 15 is 0 Å². The Morgan fingerprint density at radius 3 is 2.93 bits per heavy atom. The highest BCUT2D eigenvalue weighted by Gasteiger charge is 2.21. The smallest absolute Gasteiger partial charge is 0.0399 e. The van der Waals surface area contributed by atoms with Crippen LogP contribution >= 0.6 is 0 Å². The summed E-state index contributed by atoms with van der Waals surface area (Å²) in [5.41, 5.74) is 4.38. The molecule has 14 heavy (non-hydrogen) atoms. The lowest BCUT2D eigenvalue weighted by Crippen LogP contribution is -2.27. The van der Waals surface area contributed by atoms with E-state index in [2.05, 4.69) is 44.0 Å². The summed E-state index contributed by atoms with van der Waals surface area (Å²) in [6.45, 7) is 5.68. The van der Waals surface area contributed by atoms with Crippen molar-refractivity contribution in [1.29, 1.82) is 0 Å². The Labute approximate surface area is 86.7 Å². The van der Waals surface area contributed by atoms with Crippen LogP contribution in [-0.4, -0.2) is 13.6 Å². The Kier molecular flexibility index (Phi) is 2.49.